The number of hydrogen-bond acceptors (Lipinski definition) is 7. The highest BCUT2D eigenvalue weighted by molar-refractivity contribution is 7.14. The molecule has 2 aliphatic rings. The van der Waals surface area contributed by atoms with Crippen LogP contribution in [0.4, 0.5) is 0 Å². The van der Waals surface area contributed by atoms with Crippen LogP contribution >= 0.6 is 11.3 Å². The van der Waals surface area contributed by atoms with Gasteiger partial charge in [0.15, 0.2) is 0 Å². The molecule has 2 bridgehead atoms. The Balaban J connectivity index is 1.39. The fourth-order valence-electron chi connectivity index (χ4n) is 4.44. The monoisotopic (exact) mass is 394 g/mol. The first-order valence-corrected chi connectivity index (χ1v) is 10.4. The van der Waals surface area contributed by atoms with Gasteiger partial charge in [-0.15, -0.1) is 10.2 Å². The molecule has 0 spiro atoms. The van der Waals surface area contributed by atoms with Crippen molar-refractivity contribution in [2.24, 2.45) is 0 Å². The molecule has 0 aliphatic carbocycles. The molecule has 0 N–H and O–H groups in total. The van der Waals surface area contributed by atoms with Gasteiger partial charge in [0.2, 0.25) is 5.91 Å². The van der Waals surface area contributed by atoms with Crippen molar-refractivity contribution >= 4 is 28.1 Å². The summed E-state index contributed by atoms with van der Waals surface area (Å²) in [5, 5.41) is 11.1. The molecule has 5 rings (SSSR count). The van der Waals surface area contributed by atoms with Gasteiger partial charge in [0.25, 0.3) is 0 Å². The van der Waals surface area contributed by atoms with Gasteiger partial charge in [-0.1, -0.05) is 23.5 Å². The molecule has 0 saturated carbocycles. The minimum absolute atomic E-state index is 0.149. The Bertz CT molecular complexity index is 1040. The van der Waals surface area contributed by atoms with E-state index in [-0.39, 0.29) is 12.3 Å². The molecule has 2 aliphatic heterocycles. The van der Waals surface area contributed by atoms with Crippen LogP contribution in [0, 0.1) is 6.92 Å². The second-order valence-electron chi connectivity index (χ2n) is 7.77. The summed E-state index contributed by atoms with van der Waals surface area (Å²) in [5.74, 6) is 0.734. The molecule has 2 unspecified atom stereocenters. The lowest BCUT2D eigenvalue weighted by Gasteiger charge is -2.39. The number of aromatic nitrogens is 4. The van der Waals surface area contributed by atoms with Gasteiger partial charge in [-0.3, -0.25) is 4.79 Å². The minimum Gasteiger partial charge on any atom is -0.334 e. The summed E-state index contributed by atoms with van der Waals surface area (Å²) in [6, 6.07) is 6.68. The SMILES string of the molecule is Cc1nnc(-c2ccc3cnc(CC(=O)N4C5CCC4CN(C)C5)nc3c2)s1. The first kappa shape index (κ1) is 17.6. The topological polar surface area (TPSA) is 75.1 Å². The van der Waals surface area contributed by atoms with Crippen molar-refractivity contribution < 1.29 is 4.79 Å². The van der Waals surface area contributed by atoms with E-state index in [1.54, 1.807) is 17.5 Å². The number of hydrogen-bond donors (Lipinski definition) is 0. The average molecular weight is 395 g/mol. The summed E-state index contributed by atoms with van der Waals surface area (Å²) in [6.45, 7) is 3.87. The zero-order valence-electron chi connectivity index (χ0n) is 16.0. The maximum absolute atomic E-state index is 13.0. The molecule has 144 valence electrons. The molecule has 2 saturated heterocycles. The van der Waals surface area contributed by atoms with E-state index in [0.717, 1.165) is 52.4 Å². The number of carbonyl (C=O) groups is 1. The molecule has 28 heavy (non-hydrogen) atoms. The van der Waals surface area contributed by atoms with Gasteiger partial charge in [-0.25, -0.2) is 9.97 Å². The van der Waals surface area contributed by atoms with Crippen molar-refractivity contribution in [2.75, 3.05) is 20.1 Å². The van der Waals surface area contributed by atoms with Gasteiger partial charge in [-0.05, 0) is 32.9 Å². The van der Waals surface area contributed by atoms with Gasteiger partial charge in [0.05, 0.1) is 11.9 Å². The van der Waals surface area contributed by atoms with E-state index in [1.165, 1.54) is 0 Å². The fraction of sp³-hybridized carbons (Fsp3) is 0.450. The Kier molecular flexibility index (Phi) is 4.32. The van der Waals surface area contributed by atoms with Crippen LogP contribution in [0.5, 0.6) is 0 Å². The molecule has 1 aromatic carbocycles. The van der Waals surface area contributed by atoms with Crippen LogP contribution in [-0.2, 0) is 11.2 Å². The number of likely N-dealkylation sites (N-methyl/N-ethyl adjacent to an activating group) is 1. The third-order valence-electron chi connectivity index (χ3n) is 5.67. The second kappa shape index (κ2) is 6.86. The van der Waals surface area contributed by atoms with Crippen LogP contribution in [0.1, 0.15) is 23.7 Å². The lowest BCUT2D eigenvalue weighted by Crippen LogP contribution is -2.55. The van der Waals surface area contributed by atoms with Gasteiger partial charge in [-0.2, -0.15) is 0 Å². The van der Waals surface area contributed by atoms with E-state index in [0.29, 0.717) is 17.9 Å². The summed E-state index contributed by atoms with van der Waals surface area (Å²) in [5.41, 5.74) is 1.83. The second-order valence-corrected chi connectivity index (χ2v) is 8.95. The number of rotatable bonds is 3. The van der Waals surface area contributed by atoms with E-state index in [9.17, 15) is 4.79 Å². The number of amides is 1. The van der Waals surface area contributed by atoms with Crippen LogP contribution in [0.2, 0.25) is 0 Å². The molecule has 3 aromatic rings. The molecule has 2 fully saturated rings. The zero-order valence-corrected chi connectivity index (χ0v) is 16.8. The normalized spacial score (nSPS) is 22.1. The maximum Gasteiger partial charge on any atom is 0.230 e. The van der Waals surface area contributed by atoms with E-state index in [1.807, 2.05) is 25.1 Å². The number of fused-ring (bicyclic) bond motifs is 3. The van der Waals surface area contributed by atoms with Crippen molar-refractivity contribution in [1.29, 1.82) is 0 Å². The summed E-state index contributed by atoms with van der Waals surface area (Å²) >= 11 is 1.56. The third kappa shape index (κ3) is 3.16. The summed E-state index contributed by atoms with van der Waals surface area (Å²) in [4.78, 5) is 26.5. The van der Waals surface area contributed by atoms with Crippen LogP contribution in [0.3, 0.4) is 0 Å². The van der Waals surface area contributed by atoms with Crippen LogP contribution in [-0.4, -0.2) is 68.1 Å². The quantitative estimate of drug-likeness (QED) is 0.679. The molecule has 0 radical (unpaired) electrons. The van der Waals surface area contributed by atoms with Crippen molar-refractivity contribution in [2.45, 2.75) is 38.3 Å². The smallest absolute Gasteiger partial charge is 0.230 e. The predicted octanol–water partition coefficient (Wildman–Crippen LogP) is 2.30. The van der Waals surface area contributed by atoms with Gasteiger partial charge >= 0.3 is 0 Å². The Morgan fingerprint density at radius 1 is 1.21 bits per heavy atom. The first-order valence-electron chi connectivity index (χ1n) is 9.63. The Morgan fingerprint density at radius 2 is 2.00 bits per heavy atom. The molecule has 2 atom stereocenters. The number of piperazine rings is 1. The average Bonchev–Trinajstić information content (AvgIpc) is 3.22. The highest BCUT2D eigenvalue weighted by Crippen LogP contribution is 2.30. The van der Waals surface area contributed by atoms with E-state index in [2.05, 4.69) is 37.0 Å². The first-order chi connectivity index (χ1) is 13.6. The lowest BCUT2D eigenvalue weighted by molar-refractivity contribution is -0.136. The van der Waals surface area contributed by atoms with Gasteiger partial charge < -0.3 is 9.80 Å². The van der Waals surface area contributed by atoms with Gasteiger partial charge in [0, 0.05) is 42.3 Å². The fourth-order valence-corrected chi connectivity index (χ4v) is 5.13. The van der Waals surface area contributed by atoms with E-state index in [4.69, 9.17) is 0 Å². The van der Waals surface area contributed by atoms with Crippen LogP contribution in [0.25, 0.3) is 21.5 Å². The summed E-state index contributed by atoms with van der Waals surface area (Å²) in [7, 11) is 2.14. The largest absolute Gasteiger partial charge is 0.334 e. The Morgan fingerprint density at radius 3 is 2.71 bits per heavy atom. The summed E-state index contributed by atoms with van der Waals surface area (Å²) < 4.78 is 0. The number of aryl methyl sites for hydroxylation is 1. The minimum atomic E-state index is 0.149. The van der Waals surface area contributed by atoms with Crippen LogP contribution < -0.4 is 0 Å². The maximum atomic E-state index is 13.0. The molecule has 8 heteroatoms. The van der Waals surface area contributed by atoms with E-state index >= 15 is 0 Å². The number of nitrogens with zero attached hydrogens (tertiary/aromatic N) is 6. The predicted molar refractivity (Wildman–Crippen MR) is 108 cm³/mol. The van der Waals surface area contributed by atoms with Gasteiger partial charge in [0.1, 0.15) is 15.8 Å². The lowest BCUT2D eigenvalue weighted by atomic mass is 10.1. The standard InChI is InChI=1S/C20H22N6OS/c1-12-23-24-20(28-12)13-3-4-14-9-21-18(22-17(14)7-13)8-19(27)26-15-5-6-16(26)11-25(2)10-15/h3-4,7,9,15-16H,5-6,8,10-11H2,1-2H3. The van der Waals surface area contributed by atoms with Crippen molar-refractivity contribution in [3.05, 3.63) is 35.2 Å². The highest BCUT2D eigenvalue weighted by atomic mass is 32.1. The summed E-state index contributed by atoms with van der Waals surface area (Å²) in [6.07, 6.45) is 4.27. The van der Waals surface area contributed by atoms with Crippen molar-refractivity contribution in [3.8, 4) is 10.6 Å². The van der Waals surface area contributed by atoms with Crippen molar-refractivity contribution in [3.63, 3.8) is 0 Å². The van der Waals surface area contributed by atoms with Crippen molar-refractivity contribution in [1.82, 2.24) is 30.0 Å². The number of likely N-dealkylation sites (tertiary alicyclic amines) is 1. The molecule has 7 nitrogen and oxygen atoms in total. The molecular formula is C20H22N6OS. The molecule has 2 aromatic heterocycles. The zero-order chi connectivity index (χ0) is 19.3. The van der Waals surface area contributed by atoms with Crippen LogP contribution in [0.15, 0.2) is 24.4 Å². The Labute approximate surface area is 167 Å². The number of benzene rings is 1. The highest BCUT2D eigenvalue weighted by Gasteiger charge is 2.41. The molecule has 1 amide bonds. The molecule has 4 heterocycles. The number of carbonyl (C=O) groups excluding carboxylic acids is 1. The molecular weight excluding hydrogens is 372 g/mol. The third-order valence-corrected chi connectivity index (χ3v) is 6.56. The Hall–Kier alpha value is -2.45. The van der Waals surface area contributed by atoms with E-state index < -0.39 is 0 Å².